The molecular weight excluding hydrogens is 306 g/mol. The van der Waals surface area contributed by atoms with Crippen LogP contribution in [-0.4, -0.2) is 37.2 Å². The molecule has 0 radical (unpaired) electrons. The monoisotopic (exact) mass is 327 g/mol. The lowest BCUT2D eigenvalue weighted by molar-refractivity contribution is -0.143. The minimum atomic E-state index is -3.45. The molecule has 0 aliphatic carbocycles. The number of benzene rings is 1. The first-order chi connectivity index (χ1) is 10.0. The molecule has 6 nitrogen and oxygen atoms in total. The van der Waals surface area contributed by atoms with Crippen LogP contribution in [0.15, 0.2) is 23.1 Å². The Labute approximate surface area is 130 Å². The van der Waals surface area contributed by atoms with Crippen molar-refractivity contribution in [2.75, 3.05) is 6.26 Å². The topological polar surface area (TPSA) is 101 Å². The molecule has 0 saturated carbocycles. The summed E-state index contributed by atoms with van der Waals surface area (Å²) in [6.45, 7) is 4.91. The van der Waals surface area contributed by atoms with Gasteiger partial charge in [0.15, 0.2) is 9.84 Å². The van der Waals surface area contributed by atoms with Crippen molar-refractivity contribution < 1.29 is 23.1 Å². The van der Waals surface area contributed by atoms with Crippen LogP contribution in [0.5, 0.6) is 0 Å². The van der Waals surface area contributed by atoms with E-state index in [-0.39, 0.29) is 16.9 Å². The lowest BCUT2D eigenvalue weighted by Gasteiger charge is -2.25. The summed E-state index contributed by atoms with van der Waals surface area (Å²) in [5, 5.41) is 11.7. The first-order valence-electron chi connectivity index (χ1n) is 6.94. The maximum Gasteiger partial charge on any atom is 0.329 e. The van der Waals surface area contributed by atoms with E-state index in [1.165, 1.54) is 19.1 Å². The first-order valence-corrected chi connectivity index (χ1v) is 8.83. The molecule has 1 amide bonds. The van der Waals surface area contributed by atoms with Gasteiger partial charge in [-0.15, -0.1) is 0 Å². The van der Waals surface area contributed by atoms with E-state index in [0.717, 1.165) is 6.26 Å². The highest BCUT2D eigenvalue weighted by atomic mass is 32.2. The molecule has 0 aromatic heterocycles. The van der Waals surface area contributed by atoms with E-state index in [1.807, 2.05) is 6.92 Å². The molecule has 0 bridgehead atoms. The number of carboxylic acid groups (broad SMARTS) is 1. The summed E-state index contributed by atoms with van der Waals surface area (Å²) in [5.74, 6) is -1.73. The Balaban J connectivity index is 3.30. The Kier molecular flexibility index (Phi) is 5.35. The zero-order chi connectivity index (χ0) is 17.1. The van der Waals surface area contributed by atoms with Crippen molar-refractivity contribution in [1.29, 1.82) is 0 Å². The Morgan fingerprint density at radius 1 is 1.27 bits per heavy atom. The van der Waals surface area contributed by atoms with Gasteiger partial charge in [0, 0.05) is 11.8 Å². The van der Waals surface area contributed by atoms with Gasteiger partial charge in [0.1, 0.15) is 5.54 Å². The van der Waals surface area contributed by atoms with Gasteiger partial charge in [-0.05, 0) is 37.5 Å². The molecule has 1 aromatic carbocycles. The quantitative estimate of drug-likeness (QED) is 0.827. The minimum Gasteiger partial charge on any atom is -0.480 e. The zero-order valence-electron chi connectivity index (χ0n) is 13.1. The highest BCUT2D eigenvalue weighted by Crippen LogP contribution is 2.19. The SMILES string of the molecule is CCc1ccc(S(C)(=O)=O)cc1C(=O)NC(C)(CC)C(=O)O. The molecule has 0 fully saturated rings. The predicted molar refractivity (Wildman–Crippen MR) is 82.7 cm³/mol. The molecule has 2 N–H and O–H groups in total. The Hall–Kier alpha value is -1.89. The molecule has 0 spiro atoms. The fourth-order valence-corrected chi connectivity index (χ4v) is 2.56. The Morgan fingerprint density at radius 2 is 1.86 bits per heavy atom. The molecule has 1 atom stereocenters. The van der Waals surface area contributed by atoms with E-state index in [4.69, 9.17) is 0 Å². The average molecular weight is 327 g/mol. The number of hydrogen-bond acceptors (Lipinski definition) is 4. The minimum absolute atomic E-state index is 0.0309. The van der Waals surface area contributed by atoms with Crippen molar-refractivity contribution in [2.24, 2.45) is 0 Å². The Morgan fingerprint density at radius 3 is 2.27 bits per heavy atom. The number of aryl methyl sites for hydroxylation is 1. The lowest BCUT2D eigenvalue weighted by Crippen LogP contribution is -2.51. The van der Waals surface area contributed by atoms with Crippen LogP contribution in [0.25, 0.3) is 0 Å². The number of rotatable bonds is 6. The summed E-state index contributed by atoms with van der Waals surface area (Å²) >= 11 is 0. The summed E-state index contributed by atoms with van der Waals surface area (Å²) in [5.41, 5.74) is -0.552. The molecule has 0 saturated heterocycles. The number of aliphatic carboxylic acids is 1. The second-order valence-corrected chi connectivity index (χ2v) is 7.41. The lowest BCUT2D eigenvalue weighted by atomic mass is 9.97. The molecule has 7 heteroatoms. The van der Waals surface area contributed by atoms with Crippen LogP contribution in [0.2, 0.25) is 0 Å². The third-order valence-corrected chi connectivity index (χ3v) is 4.81. The van der Waals surface area contributed by atoms with Gasteiger partial charge in [-0.1, -0.05) is 19.9 Å². The molecule has 1 aromatic rings. The normalized spacial score (nSPS) is 14.2. The molecule has 0 aliphatic rings. The number of carbonyl (C=O) groups excluding carboxylic acids is 1. The van der Waals surface area contributed by atoms with Gasteiger partial charge in [-0.3, -0.25) is 4.79 Å². The summed E-state index contributed by atoms with van der Waals surface area (Å²) < 4.78 is 23.3. The largest absolute Gasteiger partial charge is 0.480 e. The van der Waals surface area contributed by atoms with E-state index >= 15 is 0 Å². The Bertz CT molecular complexity index is 696. The van der Waals surface area contributed by atoms with E-state index in [0.29, 0.717) is 12.0 Å². The van der Waals surface area contributed by atoms with E-state index in [1.54, 1.807) is 13.0 Å². The standard InChI is InChI=1S/C15H21NO5S/c1-5-10-7-8-11(22(4,20)21)9-12(10)13(17)16-15(3,6-2)14(18)19/h7-9H,5-6H2,1-4H3,(H,16,17)(H,18,19). The van der Waals surface area contributed by atoms with Gasteiger partial charge >= 0.3 is 5.97 Å². The van der Waals surface area contributed by atoms with Gasteiger partial charge in [-0.25, -0.2) is 13.2 Å². The smallest absolute Gasteiger partial charge is 0.329 e. The maximum atomic E-state index is 12.4. The third kappa shape index (κ3) is 3.85. The number of nitrogens with one attached hydrogen (secondary N) is 1. The van der Waals surface area contributed by atoms with Gasteiger partial charge < -0.3 is 10.4 Å². The molecule has 0 aliphatic heterocycles. The van der Waals surface area contributed by atoms with E-state index in [2.05, 4.69) is 5.32 Å². The summed E-state index contributed by atoms with van der Waals surface area (Å²) in [6.07, 6.45) is 1.80. The molecule has 1 rings (SSSR count). The number of hydrogen-bond donors (Lipinski definition) is 2. The van der Waals surface area contributed by atoms with Gasteiger partial charge in [0.2, 0.25) is 0 Å². The number of carbonyl (C=O) groups is 2. The molecule has 122 valence electrons. The molecule has 1 unspecified atom stereocenters. The molecule has 22 heavy (non-hydrogen) atoms. The van der Waals surface area contributed by atoms with E-state index in [9.17, 15) is 23.1 Å². The fourth-order valence-electron chi connectivity index (χ4n) is 1.92. The number of carboxylic acids is 1. The van der Waals surface area contributed by atoms with Crippen LogP contribution < -0.4 is 5.32 Å². The molecule has 0 heterocycles. The van der Waals surface area contributed by atoms with Gasteiger partial charge in [-0.2, -0.15) is 0 Å². The van der Waals surface area contributed by atoms with Crippen LogP contribution in [0.3, 0.4) is 0 Å². The summed E-state index contributed by atoms with van der Waals surface area (Å²) in [6, 6.07) is 4.32. The van der Waals surface area contributed by atoms with Crippen molar-refractivity contribution >= 4 is 21.7 Å². The second kappa shape index (κ2) is 6.48. The van der Waals surface area contributed by atoms with Crippen molar-refractivity contribution in [3.63, 3.8) is 0 Å². The van der Waals surface area contributed by atoms with Crippen LogP contribution in [0.4, 0.5) is 0 Å². The van der Waals surface area contributed by atoms with Crippen molar-refractivity contribution in [1.82, 2.24) is 5.32 Å². The van der Waals surface area contributed by atoms with Crippen LogP contribution in [0.1, 0.15) is 43.1 Å². The van der Waals surface area contributed by atoms with Crippen LogP contribution in [0, 0.1) is 0 Å². The second-order valence-electron chi connectivity index (χ2n) is 5.39. The zero-order valence-corrected chi connectivity index (χ0v) is 14.0. The summed E-state index contributed by atoms with van der Waals surface area (Å²) in [4.78, 5) is 23.7. The number of amides is 1. The highest BCUT2D eigenvalue weighted by Gasteiger charge is 2.33. The fraction of sp³-hybridized carbons (Fsp3) is 0.467. The first kappa shape index (κ1) is 18.2. The third-order valence-electron chi connectivity index (χ3n) is 3.70. The summed E-state index contributed by atoms with van der Waals surface area (Å²) in [7, 11) is -3.45. The van der Waals surface area contributed by atoms with E-state index < -0.39 is 27.3 Å². The van der Waals surface area contributed by atoms with Crippen molar-refractivity contribution in [3.05, 3.63) is 29.3 Å². The van der Waals surface area contributed by atoms with Gasteiger partial charge in [0.25, 0.3) is 5.91 Å². The molecular formula is C15H21NO5S. The van der Waals surface area contributed by atoms with Crippen LogP contribution in [-0.2, 0) is 21.1 Å². The van der Waals surface area contributed by atoms with Crippen LogP contribution >= 0.6 is 0 Å². The number of sulfone groups is 1. The van der Waals surface area contributed by atoms with Crippen molar-refractivity contribution in [2.45, 2.75) is 44.0 Å². The maximum absolute atomic E-state index is 12.4. The highest BCUT2D eigenvalue weighted by molar-refractivity contribution is 7.90. The van der Waals surface area contributed by atoms with Crippen molar-refractivity contribution in [3.8, 4) is 0 Å². The predicted octanol–water partition coefficient (Wildman–Crippen LogP) is 1.64. The van der Waals surface area contributed by atoms with Gasteiger partial charge in [0.05, 0.1) is 4.90 Å². The average Bonchev–Trinajstić information content (AvgIpc) is 2.45.